The zero-order valence-corrected chi connectivity index (χ0v) is 9.32. The molecule has 0 N–H and O–H groups in total. The summed E-state index contributed by atoms with van der Waals surface area (Å²) in [5.74, 6) is 1.40. The minimum atomic E-state index is 0.392. The van der Waals surface area contributed by atoms with Crippen LogP contribution in [0, 0.1) is 6.92 Å². The van der Waals surface area contributed by atoms with Crippen LogP contribution in [0.15, 0.2) is 16.7 Å². The molecule has 1 heterocycles. The van der Waals surface area contributed by atoms with Crippen molar-refractivity contribution in [3.05, 3.63) is 23.7 Å². The lowest BCUT2D eigenvalue weighted by atomic mass is 10.2. The summed E-state index contributed by atoms with van der Waals surface area (Å²) in [4.78, 5) is 13.4. The number of rotatable bonds is 3. The van der Waals surface area contributed by atoms with Gasteiger partial charge in [0, 0.05) is 18.9 Å². The summed E-state index contributed by atoms with van der Waals surface area (Å²) in [5.41, 5.74) is 1.19. The number of hydrogen-bond acceptors (Lipinski definition) is 3. The van der Waals surface area contributed by atoms with Crippen LogP contribution in [0.5, 0.6) is 0 Å². The summed E-state index contributed by atoms with van der Waals surface area (Å²) >= 11 is 0. The quantitative estimate of drug-likeness (QED) is 0.761. The van der Waals surface area contributed by atoms with Gasteiger partial charge in [0.05, 0.1) is 12.8 Å². The molecule has 0 saturated heterocycles. The van der Waals surface area contributed by atoms with Crippen LogP contribution < -0.4 is 0 Å². The Morgan fingerprint density at radius 3 is 2.93 bits per heavy atom. The highest BCUT2D eigenvalue weighted by atomic mass is 16.3. The Balaban J connectivity index is 1.95. The number of furan rings is 1. The number of ketones is 1. The van der Waals surface area contributed by atoms with Gasteiger partial charge in [-0.1, -0.05) is 0 Å². The Morgan fingerprint density at radius 2 is 2.40 bits per heavy atom. The Kier molecular flexibility index (Phi) is 2.91. The Morgan fingerprint density at radius 1 is 1.60 bits per heavy atom. The van der Waals surface area contributed by atoms with Crippen molar-refractivity contribution in [1.29, 1.82) is 0 Å². The summed E-state index contributed by atoms with van der Waals surface area (Å²) < 4.78 is 5.39. The van der Waals surface area contributed by atoms with E-state index in [1.54, 1.807) is 6.26 Å². The monoisotopic (exact) mass is 207 g/mol. The van der Waals surface area contributed by atoms with Crippen molar-refractivity contribution in [1.82, 2.24) is 4.90 Å². The van der Waals surface area contributed by atoms with E-state index in [2.05, 4.69) is 11.9 Å². The third kappa shape index (κ3) is 2.29. The number of Topliss-reactive ketones (excluding diaryl/α,β-unsaturated/α-hetero) is 1. The van der Waals surface area contributed by atoms with Gasteiger partial charge in [0.2, 0.25) is 0 Å². The van der Waals surface area contributed by atoms with Gasteiger partial charge in [-0.25, -0.2) is 0 Å². The van der Waals surface area contributed by atoms with E-state index in [9.17, 15) is 4.79 Å². The zero-order chi connectivity index (χ0) is 10.8. The minimum absolute atomic E-state index is 0.392. The fourth-order valence-electron chi connectivity index (χ4n) is 2.09. The predicted octanol–water partition coefficient (Wildman–Crippen LogP) is 2.14. The van der Waals surface area contributed by atoms with Gasteiger partial charge in [0.15, 0.2) is 0 Å². The average Bonchev–Trinajstić information content (AvgIpc) is 2.77. The van der Waals surface area contributed by atoms with Crippen LogP contribution in [0.3, 0.4) is 0 Å². The summed E-state index contributed by atoms with van der Waals surface area (Å²) in [6.07, 6.45) is 4.16. The molecular formula is C12H17NO2. The first kappa shape index (κ1) is 10.4. The first-order chi connectivity index (χ1) is 7.16. The minimum Gasteiger partial charge on any atom is -0.468 e. The van der Waals surface area contributed by atoms with Gasteiger partial charge in [0.25, 0.3) is 0 Å². The van der Waals surface area contributed by atoms with E-state index in [0.717, 1.165) is 25.1 Å². The van der Waals surface area contributed by atoms with Crippen LogP contribution >= 0.6 is 0 Å². The molecule has 2 rings (SSSR count). The normalized spacial score (nSPS) is 21.5. The second kappa shape index (κ2) is 4.19. The smallest absolute Gasteiger partial charge is 0.134 e. The molecule has 0 radical (unpaired) electrons. The molecule has 3 nitrogen and oxygen atoms in total. The fraction of sp³-hybridized carbons (Fsp3) is 0.583. The summed E-state index contributed by atoms with van der Waals surface area (Å²) in [7, 11) is 2.06. The van der Waals surface area contributed by atoms with Crippen LogP contribution in [-0.4, -0.2) is 23.8 Å². The van der Waals surface area contributed by atoms with Crippen molar-refractivity contribution in [2.45, 2.75) is 38.8 Å². The Hall–Kier alpha value is -1.09. The van der Waals surface area contributed by atoms with E-state index < -0.39 is 0 Å². The third-order valence-corrected chi connectivity index (χ3v) is 3.20. The van der Waals surface area contributed by atoms with Gasteiger partial charge in [0.1, 0.15) is 11.5 Å². The molecule has 3 heteroatoms. The first-order valence-electron chi connectivity index (χ1n) is 5.41. The van der Waals surface area contributed by atoms with Crippen molar-refractivity contribution in [2.24, 2.45) is 0 Å². The van der Waals surface area contributed by atoms with Crippen molar-refractivity contribution in [3.8, 4) is 0 Å². The highest BCUT2D eigenvalue weighted by molar-refractivity contribution is 5.81. The van der Waals surface area contributed by atoms with Crippen LogP contribution in [0.2, 0.25) is 0 Å². The third-order valence-electron chi connectivity index (χ3n) is 3.20. The van der Waals surface area contributed by atoms with Gasteiger partial charge in [-0.05, 0) is 32.0 Å². The topological polar surface area (TPSA) is 33.5 Å². The molecule has 82 valence electrons. The van der Waals surface area contributed by atoms with E-state index in [-0.39, 0.29) is 0 Å². The van der Waals surface area contributed by atoms with E-state index in [1.165, 1.54) is 5.56 Å². The maximum Gasteiger partial charge on any atom is 0.134 e. The maximum atomic E-state index is 11.2. The van der Waals surface area contributed by atoms with Crippen molar-refractivity contribution in [2.75, 3.05) is 7.05 Å². The number of carbonyl (C=O) groups is 1. The van der Waals surface area contributed by atoms with Crippen molar-refractivity contribution >= 4 is 5.78 Å². The molecule has 1 aromatic rings. The molecule has 0 bridgehead atoms. The molecule has 0 aliphatic heterocycles. The van der Waals surface area contributed by atoms with E-state index in [0.29, 0.717) is 18.2 Å². The summed E-state index contributed by atoms with van der Waals surface area (Å²) in [6, 6.07) is 2.38. The first-order valence-corrected chi connectivity index (χ1v) is 5.41. The standard InChI is InChI=1S/C12H17NO2/c1-9-5-6-15-12(9)8-13(2)10-3-4-11(14)7-10/h5-6,10H,3-4,7-8H2,1-2H3. The maximum absolute atomic E-state index is 11.2. The van der Waals surface area contributed by atoms with E-state index in [1.807, 2.05) is 13.0 Å². The van der Waals surface area contributed by atoms with Gasteiger partial charge >= 0.3 is 0 Å². The molecule has 0 amide bonds. The SMILES string of the molecule is Cc1ccoc1CN(C)C1CCC(=O)C1. The van der Waals surface area contributed by atoms with Crippen molar-refractivity contribution in [3.63, 3.8) is 0 Å². The molecule has 1 fully saturated rings. The van der Waals surface area contributed by atoms with Gasteiger partial charge in [-0.3, -0.25) is 9.69 Å². The molecule has 0 aromatic carbocycles. The second-order valence-corrected chi connectivity index (χ2v) is 4.38. The highest BCUT2D eigenvalue weighted by Gasteiger charge is 2.26. The lowest BCUT2D eigenvalue weighted by molar-refractivity contribution is -0.117. The molecule has 1 aromatic heterocycles. The van der Waals surface area contributed by atoms with Crippen molar-refractivity contribution < 1.29 is 9.21 Å². The van der Waals surface area contributed by atoms with Gasteiger partial charge in [-0.15, -0.1) is 0 Å². The lowest BCUT2D eigenvalue weighted by Gasteiger charge is -2.22. The number of carbonyl (C=O) groups excluding carboxylic acids is 1. The fourth-order valence-corrected chi connectivity index (χ4v) is 2.09. The largest absolute Gasteiger partial charge is 0.468 e. The molecule has 1 aliphatic rings. The highest BCUT2D eigenvalue weighted by Crippen LogP contribution is 2.22. The van der Waals surface area contributed by atoms with Gasteiger partial charge < -0.3 is 4.42 Å². The molecule has 1 unspecified atom stereocenters. The van der Waals surface area contributed by atoms with E-state index >= 15 is 0 Å². The number of hydrogen-bond donors (Lipinski definition) is 0. The number of nitrogens with zero attached hydrogens (tertiary/aromatic N) is 1. The summed E-state index contributed by atoms with van der Waals surface area (Å²) in [6.45, 7) is 2.85. The van der Waals surface area contributed by atoms with E-state index in [4.69, 9.17) is 4.42 Å². The van der Waals surface area contributed by atoms with Crippen LogP contribution in [0.25, 0.3) is 0 Å². The second-order valence-electron chi connectivity index (χ2n) is 4.38. The molecule has 1 saturated carbocycles. The zero-order valence-electron chi connectivity index (χ0n) is 9.32. The Labute approximate surface area is 90.1 Å². The Bertz CT molecular complexity index is 356. The molecular weight excluding hydrogens is 190 g/mol. The predicted molar refractivity (Wildman–Crippen MR) is 57.6 cm³/mol. The van der Waals surface area contributed by atoms with Crippen LogP contribution in [-0.2, 0) is 11.3 Å². The molecule has 1 atom stereocenters. The lowest BCUT2D eigenvalue weighted by Crippen LogP contribution is -2.29. The summed E-state index contributed by atoms with van der Waals surface area (Å²) in [5, 5.41) is 0. The molecule has 1 aliphatic carbocycles. The number of aryl methyl sites for hydroxylation is 1. The molecule has 0 spiro atoms. The van der Waals surface area contributed by atoms with Gasteiger partial charge in [-0.2, -0.15) is 0 Å². The van der Waals surface area contributed by atoms with Crippen LogP contribution in [0.1, 0.15) is 30.6 Å². The average molecular weight is 207 g/mol. The van der Waals surface area contributed by atoms with Crippen LogP contribution in [0.4, 0.5) is 0 Å². The molecule has 15 heavy (non-hydrogen) atoms.